The highest BCUT2D eigenvalue weighted by molar-refractivity contribution is 9.10. The molecular weight excluding hydrogens is 230 g/mol. The monoisotopic (exact) mass is 241 g/mol. The van der Waals surface area contributed by atoms with E-state index in [-0.39, 0.29) is 0 Å². The predicted octanol–water partition coefficient (Wildman–Crippen LogP) is 1.56. The van der Waals surface area contributed by atoms with Gasteiger partial charge in [-0.1, -0.05) is 6.08 Å². The van der Waals surface area contributed by atoms with Gasteiger partial charge in [0.15, 0.2) is 0 Å². The number of aryl methyl sites for hydroxylation is 1. The smallest absolute Gasteiger partial charge is 0.0778 e. The molecule has 1 aliphatic heterocycles. The van der Waals surface area contributed by atoms with E-state index in [4.69, 9.17) is 0 Å². The van der Waals surface area contributed by atoms with Crippen molar-refractivity contribution in [1.29, 1.82) is 0 Å². The number of hydrogen-bond acceptors (Lipinski definition) is 2. The third kappa shape index (κ3) is 1.69. The summed E-state index contributed by atoms with van der Waals surface area (Å²) in [7, 11) is 1.98. The van der Waals surface area contributed by atoms with Gasteiger partial charge in [0.25, 0.3) is 0 Å². The molecule has 13 heavy (non-hydrogen) atoms. The molecule has 0 radical (unpaired) electrons. The highest BCUT2D eigenvalue weighted by Gasteiger charge is 2.12. The van der Waals surface area contributed by atoms with Crippen LogP contribution in [0.25, 0.3) is 5.57 Å². The van der Waals surface area contributed by atoms with E-state index in [1.54, 1.807) is 0 Å². The van der Waals surface area contributed by atoms with Crippen molar-refractivity contribution >= 4 is 21.5 Å². The molecule has 0 spiro atoms. The van der Waals surface area contributed by atoms with Crippen molar-refractivity contribution in [3.63, 3.8) is 0 Å². The fraction of sp³-hybridized carbons (Fsp3) is 0.444. The minimum absolute atomic E-state index is 0.965. The van der Waals surface area contributed by atoms with Gasteiger partial charge < -0.3 is 5.32 Å². The third-order valence-corrected chi connectivity index (χ3v) is 2.84. The molecule has 0 aromatic carbocycles. The Balaban J connectivity index is 2.38. The van der Waals surface area contributed by atoms with Gasteiger partial charge in [0, 0.05) is 13.6 Å². The van der Waals surface area contributed by atoms with E-state index in [0.29, 0.717) is 0 Å². The van der Waals surface area contributed by atoms with Crippen LogP contribution in [-0.2, 0) is 7.05 Å². The first-order chi connectivity index (χ1) is 6.29. The zero-order chi connectivity index (χ0) is 9.26. The molecule has 2 rings (SSSR count). The van der Waals surface area contributed by atoms with Gasteiger partial charge in [-0.25, -0.2) is 0 Å². The first-order valence-electron chi connectivity index (χ1n) is 4.36. The molecule has 1 aliphatic rings. The van der Waals surface area contributed by atoms with Crippen LogP contribution >= 0.6 is 15.9 Å². The Morgan fingerprint density at radius 2 is 2.46 bits per heavy atom. The molecule has 0 fully saturated rings. The number of nitrogens with one attached hydrogen (secondary N) is 1. The summed E-state index contributed by atoms with van der Waals surface area (Å²) in [5.74, 6) is 0. The Morgan fingerprint density at radius 1 is 1.62 bits per heavy atom. The summed E-state index contributed by atoms with van der Waals surface area (Å²) >= 11 is 3.51. The van der Waals surface area contributed by atoms with E-state index < -0.39 is 0 Å². The quantitative estimate of drug-likeness (QED) is 0.809. The number of halogens is 1. The average molecular weight is 242 g/mol. The van der Waals surface area contributed by atoms with E-state index in [2.05, 4.69) is 32.4 Å². The second-order valence-electron chi connectivity index (χ2n) is 3.15. The van der Waals surface area contributed by atoms with Crippen LogP contribution in [0.3, 0.4) is 0 Å². The topological polar surface area (TPSA) is 29.9 Å². The van der Waals surface area contributed by atoms with Crippen LogP contribution in [0.15, 0.2) is 16.7 Å². The lowest BCUT2D eigenvalue weighted by Crippen LogP contribution is -2.20. The normalized spacial score (nSPS) is 17.2. The minimum Gasteiger partial charge on any atom is -0.313 e. The average Bonchev–Trinajstić information content (AvgIpc) is 2.48. The Morgan fingerprint density at radius 3 is 3.00 bits per heavy atom. The van der Waals surface area contributed by atoms with Crippen molar-refractivity contribution in [2.75, 3.05) is 13.1 Å². The van der Waals surface area contributed by atoms with Crippen molar-refractivity contribution in [1.82, 2.24) is 15.1 Å². The fourth-order valence-electron chi connectivity index (χ4n) is 1.61. The Hall–Kier alpha value is -0.610. The van der Waals surface area contributed by atoms with Crippen LogP contribution in [0, 0.1) is 0 Å². The van der Waals surface area contributed by atoms with Crippen molar-refractivity contribution in [2.24, 2.45) is 7.05 Å². The lowest BCUT2D eigenvalue weighted by molar-refractivity contribution is 0.713. The first kappa shape index (κ1) is 8.97. The molecule has 0 atom stereocenters. The summed E-state index contributed by atoms with van der Waals surface area (Å²) < 4.78 is 3.00. The molecule has 0 amide bonds. The largest absolute Gasteiger partial charge is 0.313 e. The van der Waals surface area contributed by atoms with E-state index in [1.165, 1.54) is 11.3 Å². The zero-order valence-corrected chi connectivity index (χ0v) is 9.13. The molecule has 1 aromatic heterocycles. The molecule has 3 nitrogen and oxygen atoms in total. The van der Waals surface area contributed by atoms with Crippen LogP contribution in [0.4, 0.5) is 0 Å². The molecule has 2 heterocycles. The maximum atomic E-state index is 4.20. The van der Waals surface area contributed by atoms with Crippen molar-refractivity contribution in [3.05, 3.63) is 22.4 Å². The molecule has 1 N–H and O–H groups in total. The van der Waals surface area contributed by atoms with Crippen molar-refractivity contribution in [2.45, 2.75) is 6.42 Å². The number of rotatable bonds is 1. The lowest BCUT2D eigenvalue weighted by Gasteiger charge is -2.14. The number of hydrogen-bond donors (Lipinski definition) is 1. The van der Waals surface area contributed by atoms with Gasteiger partial charge in [-0.2, -0.15) is 5.10 Å². The Kier molecular flexibility index (Phi) is 2.51. The molecule has 0 unspecified atom stereocenters. The zero-order valence-electron chi connectivity index (χ0n) is 7.55. The highest BCUT2D eigenvalue weighted by atomic mass is 79.9. The molecule has 0 bridgehead atoms. The predicted molar refractivity (Wildman–Crippen MR) is 56.4 cm³/mol. The van der Waals surface area contributed by atoms with Crippen LogP contribution in [-0.4, -0.2) is 22.9 Å². The summed E-state index contributed by atoms with van der Waals surface area (Å²) in [5, 5.41) is 7.49. The Bertz CT molecular complexity index is 321. The molecule has 1 aromatic rings. The minimum atomic E-state index is 0.965. The lowest BCUT2D eigenvalue weighted by atomic mass is 10.1. The SMILES string of the molecule is Cn1ncc(Br)c1C1=CCNCC1. The first-order valence-corrected chi connectivity index (χ1v) is 5.16. The van der Waals surface area contributed by atoms with Crippen LogP contribution in [0.5, 0.6) is 0 Å². The van der Waals surface area contributed by atoms with Gasteiger partial charge in [0.2, 0.25) is 0 Å². The van der Waals surface area contributed by atoms with Gasteiger partial charge in [0.05, 0.1) is 16.4 Å². The summed E-state index contributed by atoms with van der Waals surface area (Å²) in [6.07, 6.45) is 5.15. The van der Waals surface area contributed by atoms with Crippen LogP contribution in [0.2, 0.25) is 0 Å². The van der Waals surface area contributed by atoms with E-state index >= 15 is 0 Å². The third-order valence-electron chi connectivity index (χ3n) is 2.26. The molecule has 0 aliphatic carbocycles. The molecule has 70 valence electrons. The Labute approximate surface area is 86.0 Å². The maximum absolute atomic E-state index is 4.20. The molecule has 0 saturated heterocycles. The van der Waals surface area contributed by atoms with Crippen molar-refractivity contribution < 1.29 is 0 Å². The second-order valence-corrected chi connectivity index (χ2v) is 4.00. The number of nitrogens with zero attached hydrogens (tertiary/aromatic N) is 2. The van der Waals surface area contributed by atoms with Gasteiger partial charge in [0.1, 0.15) is 0 Å². The summed E-state index contributed by atoms with van der Waals surface area (Å²) in [6, 6.07) is 0. The van der Waals surface area contributed by atoms with Crippen molar-refractivity contribution in [3.8, 4) is 0 Å². The number of aromatic nitrogens is 2. The van der Waals surface area contributed by atoms with Crippen LogP contribution < -0.4 is 5.32 Å². The van der Waals surface area contributed by atoms with Gasteiger partial charge in [-0.05, 0) is 34.5 Å². The standard InChI is InChI=1S/C9H12BrN3/c1-13-9(8(10)6-12-13)7-2-4-11-5-3-7/h2,6,11H,3-5H2,1H3. The van der Waals surface area contributed by atoms with E-state index in [9.17, 15) is 0 Å². The molecule has 4 heteroatoms. The fourth-order valence-corrected chi connectivity index (χ4v) is 2.21. The maximum Gasteiger partial charge on any atom is 0.0778 e. The van der Waals surface area contributed by atoms with Crippen LogP contribution in [0.1, 0.15) is 12.1 Å². The summed E-state index contributed by atoms with van der Waals surface area (Å²) in [4.78, 5) is 0. The second kappa shape index (κ2) is 3.64. The molecular formula is C9H12BrN3. The highest BCUT2D eigenvalue weighted by Crippen LogP contribution is 2.26. The summed E-state index contributed by atoms with van der Waals surface area (Å²) in [5.41, 5.74) is 2.59. The van der Waals surface area contributed by atoms with Gasteiger partial charge in [-0.15, -0.1) is 0 Å². The summed E-state index contributed by atoms with van der Waals surface area (Å²) in [6.45, 7) is 2.02. The van der Waals surface area contributed by atoms with Gasteiger partial charge >= 0.3 is 0 Å². The molecule has 0 saturated carbocycles. The van der Waals surface area contributed by atoms with E-state index in [0.717, 1.165) is 24.0 Å². The van der Waals surface area contributed by atoms with Gasteiger partial charge in [-0.3, -0.25) is 4.68 Å². The van der Waals surface area contributed by atoms with E-state index in [1.807, 2.05) is 17.9 Å².